The van der Waals surface area contributed by atoms with Crippen molar-refractivity contribution in [1.29, 1.82) is 0 Å². The first-order valence-corrected chi connectivity index (χ1v) is 6.89. The quantitative estimate of drug-likeness (QED) is 0.315. The molecule has 0 spiro atoms. The van der Waals surface area contributed by atoms with Gasteiger partial charge in [0.1, 0.15) is 5.56 Å². The number of hydrogen-bond acceptors (Lipinski definition) is 7. The molecule has 0 aliphatic rings. The van der Waals surface area contributed by atoms with E-state index in [2.05, 4.69) is 10.2 Å². The zero-order valence-corrected chi connectivity index (χ0v) is 12.9. The summed E-state index contributed by atoms with van der Waals surface area (Å²) in [6, 6.07) is 5.42. The van der Waals surface area contributed by atoms with Gasteiger partial charge in [-0.15, -0.1) is 0 Å². The Labute approximate surface area is 135 Å². The molecule has 2 aromatic rings. The van der Waals surface area contributed by atoms with Crippen LogP contribution in [0.25, 0.3) is 11.3 Å². The number of hydrazine groups is 1. The lowest BCUT2D eigenvalue weighted by Gasteiger charge is -2.11. The molecule has 0 saturated carbocycles. The fraction of sp³-hybridized carbons (Fsp3) is 0.214. The smallest absolute Gasteiger partial charge is 0.311 e. The standard InChI is InChI=1S/C14H15N5O5/c1-7(2)24-12-4-3-8(5-11(12)19(22)23)10-6-9(13(20)16-15)14(21)18-17-10/h3-7H,15H2,1-2H3,(H,16,20)(H,18,21). The zero-order valence-electron chi connectivity index (χ0n) is 12.9. The highest BCUT2D eigenvalue weighted by atomic mass is 16.6. The van der Waals surface area contributed by atoms with Crippen molar-refractivity contribution in [1.82, 2.24) is 15.6 Å². The SMILES string of the molecule is CC(C)Oc1ccc(-c2cc(C(=O)NN)c(=O)[nH]n2)cc1[N+](=O)[O-]. The molecule has 0 radical (unpaired) electrons. The summed E-state index contributed by atoms with van der Waals surface area (Å²) in [4.78, 5) is 33.8. The van der Waals surface area contributed by atoms with Crippen molar-refractivity contribution < 1.29 is 14.5 Å². The molecule has 1 aromatic heterocycles. The molecule has 0 bridgehead atoms. The van der Waals surface area contributed by atoms with Crippen molar-refractivity contribution in [2.45, 2.75) is 20.0 Å². The summed E-state index contributed by atoms with van der Waals surface area (Å²) in [7, 11) is 0. The van der Waals surface area contributed by atoms with Crippen molar-refractivity contribution in [3.8, 4) is 17.0 Å². The molecule has 1 aromatic carbocycles. The van der Waals surface area contributed by atoms with E-state index in [0.717, 1.165) is 0 Å². The molecule has 0 unspecified atom stereocenters. The Morgan fingerprint density at radius 3 is 2.71 bits per heavy atom. The van der Waals surface area contributed by atoms with Crippen LogP contribution in [-0.2, 0) is 0 Å². The summed E-state index contributed by atoms with van der Waals surface area (Å²) in [6.45, 7) is 3.50. The Bertz CT molecular complexity index is 846. The topological polar surface area (TPSA) is 153 Å². The van der Waals surface area contributed by atoms with Gasteiger partial charge >= 0.3 is 5.69 Å². The Morgan fingerprint density at radius 1 is 1.42 bits per heavy atom. The molecule has 0 atom stereocenters. The van der Waals surface area contributed by atoms with Crippen LogP contribution in [0.3, 0.4) is 0 Å². The molecule has 0 saturated heterocycles. The lowest BCUT2D eigenvalue weighted by Crippen LogP contribution is -2.34. The number of aromatic nitrogens is 2. The lowest BCUT2D eigenvalue weighted by molar-refractivity contribution is -0.386. The Morgan fingerprint density at radius 2 is 2.12 bits per heavy atom. The molecule has 1 heterocycles. The van der Waals surface area contributed by atoms with Gasteiger partial charge in [0.25, 0.3) is 11.5 Å². The number of nitrogens with two attached hydrogens (primary N) is 1. The molecule has 1 amide bonds. The highest BCUT2D eigenvalue weighted by molar-refractivity contribution is 5.94. The number of benzene rings is 1. The van der Waals surface area contributed by atoms with Crippen LogP contribution in [0.2, 0.25) is 0 Å². The average Bonchev–Trinajstić information content (AvgIpc) is 2.54. The summed E-state index contributed by atoms with van der Waals surface area (Å²) in [5.41, 5.74) is 1.12. The van der Waals surface area contributed by atoms with Crippen molar-refractivity contribution in [2.24, 2.45) is 5.84 Å². The first kappa shape index (κ1) is 17.1. The van der Waals surface area contributed by atoms with Gasteiger partial charge in [-0.1, -0.05) is 0 Å². The second kappa shape index (κ2) is 6.87. The molecule has 0 aliphatic heterocycles. The number of nitrogens with one attached hydrogen (secondary N) is 2. The minimum absolute atomic E-state index is 0.114. The Hall–Kier alpha value is -3.27. The molecule has 2 rings (SSSR count). The lowest BCUT2D eigenvalue weighted by atomic mass is 10.1. The van der Waals surface area contributed by atoms with Crippen LogP contribution in [-0.4, -0.2) is 27.1 Å². The van der Waals surface area contributed by atoms with E-state index in [1.54, 1.807) is 13.8 Å². The normalized spacial score (nSPS) is 10.5. The third-order valence-electron chi connectivity index (χ3n) is 2.99. The van der Waals surface area contributed by atoms with E-state index < -0.39 is 16.4 Å². The van der Waals surface area contributed by atoms with Gasteiger partial charge in [0, 0.05) is 11.6 Å². The van der Waals surface area contributed by atoms with Crippen molar-refractivity contribution in [3.05, 3.63) is 50.3 Å². The highest BCUT2D eigenvalue weighted by Gasteiger charge is 2.19. The van der Waals surface area contributed by atoms with E-state index in [1.807, 2.05) is 5.43 Å². The summed E-state index contributed by atoms with van der Waals surface area (Å²) in [5.74, 6) is 4.33. The van der Waals surface area contributed by atoms with E-state index in [9.17, 15) is 19.7 Å². The minimum Gasteiger partial charge on any atom is -0.484 e. The molecule has 10 nitrogen and oxygen atoms in total. The van der Waals surface area contributed by atoms with Crippen LogP contribution in [0.15, 0.2) is 29.1 Å². The molecular formula is C14H15N5O5. The molecule has 126 valence electrons. The molecular weight excluding hydrogens is 318 g/mol. The number of aromatic amines is 1. The molecule has 0 aliphatic carbocycles. The van der Waals surface area contributed by atoms with Crippen LogP contribution in [0.4, 0.5) is 5.69 Å². The average molecular weight is 333 g/mol. The maximum atomic E-state index is 11.6. The number of ether oxygens (including phenoxy) is 1. The number of nitrogen functional groups attached to an aromatic ring is 1. The predicted molar refractivity (Wildman–Crippen MR) is 84.4 cm³/mol. The first-order chi connectivity index (χ1) is 11.3. The van der Waals surface area contributed by atoms with Crippen molar-refractivity contribution in [2.75, 3.05) is 0 Å². The maximum absolute atomic E-state index is 11.6. The summed E-state index contributed by atoms with van der Waals surface area (Å²) < 4.78 is 5.40. The summed E-state index contributed by atoms with van der Waals surface area (Å²) in [6.07, 6.45) is -0.236. The number of carbonyl (C=O) groups excluding carboxylic acids is 1. The van der Waals surface area contributed by atoms with E-state index in [0.29, 0.717) is 5.56 Å². The monoisotopic (exact) mass is 333 g/mol. The number of nitrogens with zero attached hydrogens (tertiary/aromatic N) is 2. The van der Waals surface area contributed by atoms with Crippen LogP contribution in [0.1, 0.15) is 24.2 Å². The molecule has 4 N–H and O–H groups in total. The second-order valence-electron chi connectivity index (χ2n) is 5.08. The van der Waals surface area contributed by atoms with E-state index in [4.69, 9.17) is 10.6 Å². The Balaban J connectivity index is 2.53. The van der Waals surface area contributed by atoms with Crippen molar-refractivity contribution >= 4 is 11.6 Å². The molecule has 24 heavy (non-hydrogen) atoms. The third kappa shape index (κ3) is 3.55. The third-order valence-corrected chi connectivity index (χ3v) is 2.99. The first-order valence-electron chi connectivity index (χ1n) is 6.89. The summed E-state index contributed by atoms with van der Waals surface area (Å²) >= 11 is 0. The zero-order chi connectivity index (χ0) is 17.9. The molecule has 0 fully saturated rings. The van der Waals surface area contributed by atoms with Gasteiger partial charge < -0.3 is 4.74 Å². The highest BCUT2D eigenvalue weighted by Crippen LogP contribution is 2.32. The van der Waals surface area contributed by atoms with Gasteiger partial charge in [-0.05, 0) is 32.0 Å². The van der Waals surface area contributed by atoms with Gasteiger partial charge in [0.2, 0.25) is 0 Å². The van der Waals surface area contributed by atoms with E-state index in [1.165, 1.54) is 24.3 Å². The van der Waals surface area contributed by atoms with Crippen LogP contribution >= 0.6 is 0 Å². The summed E-state index contributed by atoms with van der Waals surface area (Å²) in [5, 5.41) is 17.2. The fourth-order valence-electron chi connectivity index (χ4n) is 1.97. The maximum Gasteiger partial charge on any atom is 0.311 e. The number of rotatable bonds is 5. The van der Waals surface area contributed by atoms with Gasteiger partial charge in [-0.3, -0.25) is 25.1 Å². The fourth-order valence-corrected chi connectivity index (χ4v) is 1.97. The van der Waals surface area contributed by atoms with Crippen LogP contribution < -0.4 is 21.6 Å². The second-order valence-corrected chi connectivity index (χ2v) is 5.08. The predicted octanol–water partition coefficient (Wildman–Crippen LogP) is 0.736. The van der Waals surface area contributed by atoms with Crippen LogP contribution in [0.5, 0.6) is 5.75 Å². The number of H-pyrrole nitrogens is 1. The Kier molecular flexibility index (Phi) is 4.90. The van der Waals surface area contributed by atoms with Crippen LogP contribution in [0, 0.1) is 10.1 Å². The number of nitro benzene ring substituents is 1. The van der Waals surface area contributed by atoms with E-state index in [-0.39, 0.29) is 28.8 Å². The van der Waals surface area contributed by atoms with Gasteiger partial charge in [-0.25, -0.2) is 10.9 Å². The number of amides is 1. The molecule has 10 heteroatoms. The van der Waals surface area contributed by atoms with Gasteiger partial charge in [0.05, 0.1) is 16.7 Å². The van der Waals surface area contributed by atoms with Crippen molar-refractivity contribution in [3.63, 3.8) is 0 Å². The largest absolute Gasteiger partial charge is 0.484 e. The number of carbonyl (C=O) groups is 1. The number of hydrogen-bond donors (Lipinski definition) is 3. The van der Waals surface area contributed by atoms with Gasteiger partial charge in [0.15, 0.2) is 5.75 Å². The number of nitro groups is 1. The van der Waals surface area contributed by atoms with E-state index >= 15 is 0 Å². The van der Waals surface area contributed by atoms with Gasteiger partial charge in [-0.2, -0.15) is 5.10 Å². The minimum atomic E-state index is -0.797.